The molecule has 0 radical (unpaired) electrons. The van der Waals surface area contributed by atoms with Crippen molar-refractivity contribution in [3.05, 3.63) is 48.6 Å². The highest BCUT2D eigenvalue weighted by Gasteiger charge is 2.28. The van der Waals surface area contributed by atoms with Crippen LogP contribution in [0.5, 0.6) is 0 Å². The van der Waals surface area contributed by atoms with Gasteiger partial charge in [-0.15, -0.1) is 0 Å². The molecule has 0 aromatic rings. The van der Waals surface area contributed by atoms with Crippen molar-refractivity contribution in [3.63, 3.8) is 0 Å². The molecule has 0 aliphatic heterocycles. The minimum atomic E-state index is -1.29. The fourth-order valence-electron chi connectivity index (χ4n) is 9.45. The number of amides is 1. The number of aliphatic hydroxyl groups excluding tert-OH is 4. The molecular formula is C63H119NO5. The minimum absolute atomic E-state index is 0.358. The van der Waals surface area contributed by atoms with E-state index in [2.05, 4.69) is 67.8 Å². The van der Waals surface area contributed by atoms with E-state index in [0.29, 0.717) is 19.3 Å². The number of hydrogen-bond donors (Lipinski definition) is 5. The van der Waals surface area contributed by atoms with Gasteiger partial charge in [0.25, 0.3) is 0 Å². The van der Waals surface area contributed by atoms with E-state index in [9.17, 15) is 25.2 Å². The molecule has 406 valence electrons. The molecule has 0 aromatic carbocycles. The lowest BCUT2D eigenvalue weighted by Gasteiger charge is -2.27. The fourth-order valence-corrected chi connectivity index (χ4v) is 9.45. The second kappa shape index (κ2) is 57.2. The summed E-state index contributed by atoms with van der Waals surface area (Å²) in [6, 6.07) is -1.01. The van der Waals surface area contributed by atoms with Gasteiger partial charge < -0.3 is 25.7 Å². The van der Waals surface area contributed by atoms with Crippen LogP contribution in [0.1, 0.15) is 316 Å². The van der Waals surface area contributed by atoms with Crippen molar-refractivity contribution in [1.82, 2.24) is 5.32 Å². The average molecular weight is 971 g/mol. The zero-order valence-electron chi connectivity index (χ0n) is 46.1. The van der Waals surface area contributed by atoms with Gasteiger partial charge in [-0.05, 0) is 83.5 Å². The lowest BCUT2D eigenvalue weighted by molar-refractivity contribution is -0.132. The number of carbonyl (C=O) groups excluding carboxylic acids is 1. The van der Waals surface area contributed by atoms with Crippen molar-refractivity contribution in [2.24, 2.45) is 0 Å². The summed E-state index contributed by atoms with van der Waals surface area (Å²) < 4.78 is 0. The fraction of sp³-hybridized carbons (Fsp3) is 0.857. The molecule has 0 aliphatic carbocycles. The van der Waals surface area contributed by atoms with Crippen molar-refractivity contribution in [2.75, 3.05) is 6.61 Å². The smallest absolute Gasteiger partial charge is 0.249 e. The van der Waals surface area contributed by atoms with Gasteiger partial charge in [-0.2, -0.15) is 0 Å². The Hall–Kier alpha value is -1.73. The second-order valence-corrected chi connectivity index (χ2v) is 21.0. The molecule has 0 saturated carbocycles. The van der Waals surface area contributed by atoms with Gasteiger partial charge >= 0.3 is 0 Å². The monoisotopic (exact) mass is 970 g/mol. The van der Waals surface area contributed by atoms with Crippen LogP contribution in [0.2, 0.25) is 0 Å². The SMILES string of the molecule is CCCCCCCCCCC/C=C\C/C=C\CCCCCCCCCCCCCCC(O)C(=O)NC(CO)C(O)C(O)CCC/C=C/CC/C=C/CCCCCCCCCCCCCCCCCC. The summed E-state index contributed by atoms with van der Waals surface area (Å²) in [5.74, 6) is -0.596. The van der Waals surface area contributed by atoms with Gasteiger partial charge in [0, 0.05) is 0 Å². The summed E-state index contributed by atoms with van der Waals surface area (Å²) in [5.41, 5.74) is 0. The highest BCUT2D eigenvalue weighted by atomic mass is 16.3. The third kappa shape index (κ3) is 51.0. The summed E-state index contributed by atoms with van der Waals surface area (Å²) in [4.78, 5) is 12.6. The Bertz CT molecular complexity index is 1130. The van der Waals surface area contributed by atoms with E-state index in [1.165, 1.54) is 238 Å². The minimum Gasteiger partial charge on any atom is -0.394 e. The van der Waals surface area contributed by atoms with E-state index in [-0.39, 0.29) is 0 Å². The summed E-state index contributed by atoms with van der Waals surface area (Å²) in [6.07, 6.45) is 73.4. The molecular weight excluding hydrogens is 851 g/mol. The molecule has 69 heavy (non-hydrogen) atoms. The van der Waals surface area contributed by atoms with Gasteiger partial charge in [0.2, 0.25) is 5.91 Å². The van der Waals surface area contributed by atoms with Crippen LogP contribution in [0.25, 0.3) is 0 Å². The Morgan fingerprint density at radius 1 is 0.362 bits per heavy atom. The first kappa shape index (κ1) is 67.3. The Balaban J connectivity index is 3.67. The lowest BCUT2D eigenvalue weighted by atomic mass is 10.00. The van der Waals surface area contributed by atoms with Crippen molar-refractivity contribution in [3.8, 4) is 0 Å². The number of nitrogens with one attached hydrogen (secondary N) is 1. The maximum absolute atomic E-state index is 12.6. The number of allylic oxidation sites excluding steroid dienone is 8. The number of carbonyl (C=O) groups is 1. The Morgan fingerprint density at radius 3 is 1.00 bits per heavy atom. The summed E-state index contributed by atoms with van der Waals surface area (Å²) >= 11 is 0. The van der Waals surface area contributed by atoms with E-state index < -0.39 is 36.9 Å². The van der Waals surface area contributed by atoms with Crippen molar-refractivity contribution in [1.29, 1.82) is 0 Å². The van der Waals surface area contributed by atoms with E-state index in [1.807, 2.05) is 0 Å². The van der Waals surface area contributed by atoms with Gasteiger partial charge in [-0.25, -0.2) is 0 Å². The van der Waals surface area contributed by atoms with Crippen LogP contribution < -0.4 is 5.32 Å². The Labute approximate surface area is 429 Å². The van der Waals surface area contributed by atoms with Crippen LogP contribution >= 0.6 is 0 Å². The third-order valence-corrected chi connectivity index (χ3v) is 14.2. The quantitative estimate of drug-likeness (QED) is 0.0308. The van der Waals surface area contributed by atoms with Crippen molar-refractivity contribution in [2.45, 2.75) is 340 Å². The maximum atomic E-state index is 12.6. The standard InChI is InChI=1S/C63H119NO5/c1-3-5-7-9-11-13-15-17-19-21-23-25-27-29-30-31-33-35-37-39-41-43-45-47-49-51-53-55-57-61(67)63(69)64-59(58-65)62(68)60(66)56-54-52-50-48-46-44-42-40-38-36-34-32-28-26-24-22-20-18-16-14-12-10-8-6-4-2/h23,25,29-30,40,42,48,50,59-62,65-68H,3-22,24,26-28,31-39,41,43-47,49,51-58H2,1-2H3,(H,64,69)/b25-23-,30-29-,42-40+,50-48+. The highest BCUT2D eigenvalue weighted by molar-refractivity contribution is 5.80. The first-order valence-corrected chi connectivity index (χ1v) is 30.5. The van der Waals surface area contributed by atoms with Crippen molar-refractivity contribution >= 4 is 5.91 Å². The summed E-state index contributed by atoms with van der Waals surface area (Å²) in [7, 11) is 0. The highest BCUT2D eigenvalue weighted by Crippen LogP contribution is 2.17. The molecule has 0 aliphatic rings. The van der Waals surface area contributed by atoms with Gasteiger partial charge in [-0.3, -0.25) is 4.79 Å². The molecule has 0 spiro atoms. The lowest BCUT2D eigenvalue weighted by Crippen LogP contribution is -2.53. The van der Waals surface area contributed by atoms with Crippen LogP contribution in [0.15, 0.2) is 48.6 Å². The normalized spacial score (nSPS) is 14.0. The zero-order valence-corrected chi connectivity index (χ0v) is 46.1. The van der Waals surface area contributed by atoms with Gasteiger partial charge in [0.05, 0.1) is 18.8 Å². The van der Waals surface area contributed by atoms with E-state index >= 15 is 0 Å². The molecule has 0 rings (SSSR count). The molecule has 0 bridgehead atoms. The molecule has 6 heteroatoms. The number of unbranched alkanes of at least 4 members (excludes halogenated alkanes) is 39. The molecule has 4 atom stereocenters. The molecule has 0 saturated heterocycles. The number of hydrogen-bond acceptors (Lipinski definition) is 5. The number of rotatable bonds is 56. The molecule has 0 heterocycles. The van der Waals surface area contributed by atoms with Crippen LogP contribution in [0, 0.1) is 0 Å². The van der Waals surface area contributed by atoms with E-state index in [0.717, 1.165) is 44.9 Å². The third-order valence-electron chi connectivity index (χ3n) is 14.2. The molecule has 0 aromatic heterocycles. The maximum Gasteiger partial charge on any atom is 0.249 e. The topological polar surface area (TPSA) is 110 Å². The predicted molar refractivity (Wildman–Crippen MR) is 302 cm³/mol. The van der Waals surface area contributed by atoms with Crippen molar-refractivity contribution < 1.29 is 25.2 Å². The average Bonchev–Trinajstić information content (AvgIpc) is 3.35. The van der Waals surface area contributed by atoms with Crippen LogP contribution in [0.4, 0.5) is 0 Å². The summed E-state index contributed by atoms with van der Waals surface area (Å²) in [5, 5.41) is 44.0. The predicted octanol–water partition coefficient (Wildman–Crippen LogP) is 18.1. The largest absolute Gasteiger partial charge is 0.394 e. The van der Waals surface area contributed by atoms with Gasteiger partial charge in [0.1, 0.15) is 12.2 Å². The van der Waals surface area contributed by atoms with Gasteiger partial charge in [0.15, 0.2) is 0 Å². The van der Waals surface area contributed by atoms with E-state index in [1.54, 1.807) is 0 Å². The zero-order chi connectivity index (χ0) is 50.2. The number of aliphatic hydroxyl groups is 4. The first-order valence-electron chi connectivity index (χ1n) is 30.5. The Kier molecular flexibility index (Phi) is 55.7. The molecule has 4 unspecified atom stereocenters. The van der Waals surface area contributed by atoms with E-state index in [4.69, 9.17) is 0 Å². The van der Waals surface area contributed by atoms with Crippen LogP contribution in [-0.2, 0) is 4.79 Å². The Morgan fingerprint density at radius 2 is 0.652 bits per heavy atom. The molecule has 5 N–H and O–H groups in total. The summed E-state index contributed by atoms with van der Waals surface area (Å²) in [6.45, 7) is 4.07. The molecule has 1 amide bonds. The van der Waals surface area contributed by atoms with Crippen LogP contribution in [-0.4, -0.2) is 57.3 Å². The molecule has 6 nitrogen and oxygen atoms in total. The first-order chi connectivity index (χ1) is 34.0. The second-order valence-electron chi connectivity index (χ2n) is 21.0. The molecule has 0 fully saturated rings. The van der Waals surface area contributed by atoms with Crippen LogP contribution in [0.3, 0.4) is 0 Å². The van der Waals surface area contributed by atoms with Gasteiger partial charge in [-0.1, -0.05) is 281 Å².